The van der Waals surface area contributed by atoms with Crippen LogP contribution in [0, 0.1) is 0 Å². The number of thiocarbonyl (C=S) groups is 1. The maximum absolute atomic E-state index is 4.88. The van der Waals surface area contributed by atoms with Crippen LogP contribution in [-0.2, 0) is 0 Å². The Morgan fingerprint density at radius 3 is 3.27 bits per heavy atom. The standard InChI is InChI=1S/C7H5BrN2S/c8-4-1-2-5-6(3-4)10-7(11)9-5/h1-4H,(H,10,11). The van der Waals surface area contributed by atoms with Crippen LogP contribution in [0.3, 0.4) is 0 Å². The van der Waals surface area contributed by atoms with Crippen LogP contribution < -0.4 is 5.32 Å². The summed E-state index contributed by atoms with van der Waals surface area (Å²) in [6.07, 6.45) is 6.02. The van der Waals surface area contributed by atoms with Crippen LogP contribution in [0.5, 0.6) is 0 Å². The van der Waals surface area contributed by atoms with Crippen molar-refractivity contribution < 1.29 is 0 Å². The van der Waals surface area contributed by atoms with Crippen LogP contribution >= 0.6 is 28.1 Å². The van der Waals surface area contributed by atoms with Crippen molar-refractivity contribution in [3.63, 3.8) is 0 Å². The number of hydrogen-bond acceptors (Lipinski definition) is 1. The van der Waals surface area contributed by atoms with Crippen molar-refractivity contribution in [1.29, 1.82) is 0 Å². The van der Waals surface area contributed by atoms with Gasteiger partial charge in [-0.2, -0.15) is 0 Å². The minimum Gasteiger partial charge on any atom is -0.329 e. The second kappa shape index (κ2) is 2.53. The highest BCUT2D eigenvalue weighted by atomic mass is 79.9. The van der Waals surface area contributed by atoms with Crippen LogP contribution in [-0.4, -0.2) is 15.7 Å². The Hall–Kier alpha value is -0.480. The predicted molar refractivity (Wildman–Crippen MR) is 53.1 cm³/mol. The summed E-state index contributed by atoms with van der Waals surface area (Å²) in [4.78, 5) is 4.40. The number of hydrogen-bond donors (Lipinski definition) is 1. The number of fused-ring (bicyclic) bond motifs is 1. The average Bonchev–Trinajstić information content (AvgIpc) is 2.27. The average molecular weight is 229 g/mol. The third kappa shape index (κ3) is 1.28. The molecule has 56 valence electrons. The molecule has 0 aromatic carbocycles. The van der Waals surface area contributed by atoms with E-state index in [1.54, 1.807) is 0 Å². The van der Waals surface area contributed by atoms with E-state index in [0.29, 0.717) is 9.94 Å². The van der Waals surface area contributed by atoms with Crippen molar-refractivity contribution in [2.45, 2.75) is 4.83 Å². The first kappa shape index (κ1) is 7.18. The van der Waals surface area contributed by atoms with Crippen molar-refractivity contribution in [3.8, 4) is 0 Å². The number of rotatable bonds is 0. The molecule has 1 unspecified atom stereocenters. The second-order valence-corrected chi connectivity index (χ2v) is 3.76. The van der Waals surface area contributed by atoms with E-state index in [1.165, 1.54) is 0 Å². The van der Waals surface area contributed by atoms with E-state index in [0.717, 1.165) is 11.4 Å². The molecule has 11 heavy (non-hydrogen) atoms. The zero-order chi connectivity index (χ0) is 7.84. The van der Waals surface area contributed by atoms with Gasteiger partial charge in [-0.15, -0.1) is 0 Å². The van der Waals surface area contributed by atoms with Crippen molar-refractivity contribution in [1.82, 2.24) is 5.32 Å². The van der Waals surface area contributed by atoms with Gasteiger partial charge in [0.1, 0.15) is 0 Å². The van der Waals surface area contributed by atoms with Crippen molar-refractivity contribution >= 4 is 39.0 Å². The molecule has 2 rings (SSSR count). The molecule has 2 aliphatic rings. The molecule has 2 nitrogen and oxygen atoms in total. The van der Waals surface area contributed by atoms with Gasteiger partial charge in [0.25, 0.3) is 0 Å². The zero-order valence-corrected chi connectivity index (χ0v) is 7.95. The van der Waals surface area contributed by atoms with E-state index < -0.39 is 0 Å². The molecular formula is C7H5BrN2S. The minimum absolute atomic E-state index is 0.296. The van der Waals surface area contributed by atoms with Gasteiger partial charge in [0.15, 0.2) is 5.11 Å². The molecule has 1 N–H and O–H groups in total. The fourth-order valence-electron chi connectivity index (χ4n) is 1.03. The van der Waals surface area contributed by atoms with Gasteiger partial charge in [-0.05, 0) is 24.4 Å². The van der Waals surface area contributed by atoms with Gasteiger partial charge >= 0.3 is 0 Å². The number of halogens is 1. The van der Waals surface area contributed by atoms with Crippen LogP contribution in [0.25, 0.3) is 0 Å². The number of alkyl halides is 1. The quantitative estimate of drug-likeness (QED) is 0.503. The first-order valence-corrected chi connectivity index (χ1v) is 4.52. The Labute approximate surface area is 78.2 Å². The smallest absolute Gasteiger partial charge is 0.197 e. The number of nitrogens with zero attached hydrogens (tertiary/aromatic N) is 1. The van der Waals surface area contributed by atoms with E-state index in [-0.39, 0.29) is 0 Å². The summed E-state index contributed by atoms with van der Waals surface area (Å²) >= 11 is 8.33. The first-order chi connectivity index (χ1) is 5.25. The predicted octanol–water partition coefficient (Wildman–Crippen LogP) is 1.53. The lowest BCUT2D eigenvalue weighted by atomic mass is 10.1. The fraction of sp³-hybridized carbons (Fsp3) is 0.143. The van der Waals surface area contributed by atoms with Crippen LogP contribution in [0.2, 0.25) is 0 Å². The highest BCUT2D eigenvalue weighted by Gasteiger charge is 2.18. The van der Waals surface area contributed by atoms with Gasteiger partial charge in [-0.1, -0.05) is 22.0 Å². The van der Waals surface area contributed by atoms with Crippen LogP contribution in [0.4, 0.5) is 0 Å². The SMILES string of the molecule is S=C1N=C2C=CC(Br)C=C2N1. The summed E-state index contributed by atoms with van der Waals surface area (Å²) in [5, 5.41) is 3.55. The molecule has 0 saturated heterocycles. The molecule has 0 fully saturated rings. The number of nitrogens with one attached hydrogen (secondary N) is 1. The topological polar surface area (TPSA) is 24.4 Å². The molecule has 1 atom stereocenters. The molecule has 0 aromatic heterocycles. The highest BCUT2D eigenvalue weighted by molar-refractivity contribution is 9.09. The lowest BCUT2D eigenvalue weighted by molar-refractivity contribution is 1.22. The number of allylic oxidation sites excluding steroid dienone is 3. The van der Waals surface area contributed by atoms with E-state index >= 15 is 0 Å². The summed E-state index contributed by atoms with van der Waals surface area (Å²) in [6, 6.07) is 0. The molecule has 4 heteroatoms. The number of aliphatic imine (C=N–C) groups is 1. The third-order valence-corrected chi connectivity index (χ3v) is 2.27. The van der Waals surface area contributed by atoms with Crippen LogP contribution in [0.15, 0.2) is 28.9 Å². The molecule has 0 bridgehead atoms. The molecule has 0 saturated carbocycles. The Balaban J connectivity index is 2.39. The van der Waals surface area contributed by atoms with Gasteiger partial charge in [0, 0.05) is 0 Å². The maximum atomic E-state index is 4.88. The Morgan fingerprint density at radius 2 is 2.45 bits per heavy atom. The second-order valence-electron chi connectivity index (χ2n) is 2.31. The van der Waals surface area contributed by atoms with E-state index in [4.69, 9.17) is 12.2 Å². The monoisotopic (exact) mass is 228 g/mol. The van der Waals surface area contributed by atoms with Crippen molar-refractivity contribution in [2.24, 2.45) is 4.99 Å². The minimum atomic E-state index is 0.296. The van der Waals surface area contributed by atoms with Gasteiger partial charge in [-0.3, -0.25) is 0 Å². The Morgan fingerprint density at radius 1 is 1.64 bits per heavy atom. The highest BCUT2D eigenvalue weighted by Crippen LogP contribution is 2.16. The molecule has 1 aliphatic carbocycles. The first-order valence-electron chi connectivity index (χ1n) is 3.20. The Kier molecular flexibility index (Phi) is 1.65. The zero-order valence-electron chi connectivity index (χ0n) is 5.54. The summed E-state index contributed by atoms with van der Waals surface area (Å²) < 4.78 is 0. The van der Waals surface area contributed by atoms with Gasteiger partial charge < -0.3 is 5.32 Å². The molecular weight excluding hydrogens is 224 g/mol. The summed E-state index contributed by atoms with van der Waals surface area (Å²) in [6.45, 7) is 0. The molecule has 0 amide bonds. The van der Waals surface area contributed by atoms with E-state index in [9.17, 15) is 0 Å². The third-order valence-electron chi connectivity index (χ3n) is 1.50. The molecule has 0 spiro atoms. The van der Waals surface area contributed by atoms with Crippen LogP contribution in [0.1, 0.15) is 0 Å². The molecule has 1 heterocycles. The molecule has 1 aliphatic heterocycles. The van der Waals surface area contributed by atoms with Gasteiger partial charge in [0.2, 0.25) is 0 Å². The van der Waals surface area contributed by atoms with Crippen molar-refractivity contribution in [3.05, 3.63) is 23.9 Å². The van der Waals surface area contributed by atoms with Gasteiger partial charge in [-0.25, -0.2) is 4.99 Å². The summed E-state index contributed by atoms with van der Waals surface area (Å²) in [7, 11) is 0. The summed E-state index contributed by atoms with van der Waals surface area (Å²) in [5.41, 5.74) is 1.95. The molecule has 0 aromatic rings. The summed E-state index contributed by atoms with van der Waals surface area (Å²) in [5.74, 6) is 0. The van der Waals surface area contributed by atoms with E-state index in [1.807, 2.05) is 18.2 Å². The van der Waals surface area contributed by atoms with E-state index in [2.05, 4.69) is 26.2 Å². The lowest BCUT2D eigenvalue weighted by Crippen LogP contribution is -2.16. The normalized spacial score (nSPS) is 27.4. The van der Waals surface area contributed by atoms with Gasteiger partial charge in [0.05, 0.1) is 16.2 Å². The maximum Gasteiger partial charge on any atom is 0.197 e. The van der Waals surface area contributed by atoms with Crippen molar-refractivity contribution in [2.75, 3.05) is 0 Å². The largest absolute Gasteiger partial charge is 0.329 e. The lowest BCUT2D eigenvalue weighted by Gasteiger charge is -2.06. The Bertz CT molecular complexity index is 304. The fourth-order valence-corrected chi connectivity index (χ4v) is 1.65. The molecule has 0 radical (unpaired) electrons.